The van der Waals surface area contributed by atoms with Gasteiger partial charge in [0.15, 0.2) is 0 Å². The minimum atomic E-state index is 0.770. The standard InChI is InChI=1S/C14H17N3O/c1-15-8-13-16-12-6-4-9-3-5-10(18-2)7-11(9)14(12)17-13/h3,5,7,15H,4,6,8H2,1-2H3,(H,16,17). The summed E-state index contributed by atoms with van der Waals surface area (Å²) in [4.78, 5) is 8.08. The number of methoxy groups -OCH3 is 1. The molecule has 0 saturated heterocycles. The highest BCUT2D eigenvalue weighted by Gasteiger charge is 2.20. The van der Waals surface area contributed by atoms with Gasteiger partial charge in [-0.1, -0.05) is 6.07 Å². The van der Waals surface area contributed by atoms with Gasteiger partial charge in [-0.25, -0.2) is 4.98 Å². The molecule has 4 heteroatoms. The van der Waals surface area contributed by atoms with Crippen LogP contribution in [0, 0.1) is 0 Å². The van der Waals surface area contributed by atoms with Crippen LogP contribution < -0.4 is 10.1 Å². The van der Waals surface area contributed by atoms with E-state index in [0.29, 0.717) is 0 Å². The number of aryl methyl sites for hydroxylation is 2. The number of ether oxygens (including phenoxy) is 1. The third-order valence-electron chi connectivity index (χ3n) is 3.39. The Hall–Kier alpha value is -1.81. The van der Waals surface area contributed by atoms with Gasteiger partial charge in [-0.2, -0.15) is 0 Å². The summed E-state index contributed by atoms with van der Waals surface area (Å²) in [6.07, 6.45) is 2.10. The van der Waals surface area contributed by atoms with Crippen molar-refractivity contribution in [3.8, 4) is 17.0 Å². The van der Waals surface area contributed by atoms with E-state index in [0.717, 1.165) is 36.7 Å². The van der Waals surface area contributed by atoms with Crippen LogP contribution in [0.5, 0.6) is 5.75 Å². The molecule has 1 aromatic heterocycles. The topological polar surface area (TPSA) is 49.9 Å². The largest absolute Gasteiger partial charge is 0.497 e. The van der Waals surface area contributed by atoms with Gasteiger partial charge in [0.25, 0.3) is 0 Å². The second-order valence-electron chi connectivity index (χ2n) is 4.56. The zero-order valence-electron chi connectivity index (χ0n) is 10.7. The first-order valence-corrected chi connectivity index (χ1v) is 6.21. The van der Waals surface area contributed by atoms with Gasteiger partial charge in [-0.3, -0.25) is 0 Å². The fourth-order valence-electron chi connectivity index (χ4n) is 2.50. The molecule has 0 spiro atoms. The Balaban J connectivity index is 2.08. The zero-order valence-corrected chi connectivity index (χ0v) is 10.7. The maximum atomic E-state index is 5.30. The maximum Gasteiger partial charge on any atom is 0.121 e. The lowest BCUT2D eigenvalue weighted by Crippen LogP contribution is -2.06. The van der Waals surface area contributed by atoms with Crippen LogP contribution in [0.4, 0.5) is 0 Å². The number of nitrogens with one attached hydrogen (secondary N) is 2. The predicted molar refractivity (Wildman–Crippen MR) is 70.7 cm³/mol. The van der Waals surface area contributed by atoms with Crippen molar-refractivity contribution in [2.24, 2.45) is 0 Å². The van der Waals surface area contributed by atoms with Crippen LogP contribution in [-0.2, 0) is 19.4 Å². The van der Waals surface area contributed by atoms with Crippen molar-refractivity contribution in [3.63, 3.8) is 0 Å². The highest BCUT2D eigenvalue weighted by molar-refractivity contribution is 5.70. The molecule has 2 N–H and O–H groups in total. The van der Waals surface area contributed by atoms with Crippen molar-refractivity contribution in [3.05, 3.63) is 35.3 Å². The van der Waals surface area contributed by atoms with Crippen molar-refractivity contribution in [2.75, 3.05) is 14.2 Å². The van der Waals surface area contributed by atoms with Crippen LogP contribution in [0.2, 0.25) is 0 Å². The van der Waals surface area contributed by atoms with Gasteiger partial charge in [0, 0.05) is 11.3 Å². The van der Waals surface area contributed by atoms with Crippen LogP contribution in [0.15, 0.2) is 18.2 Å². The number of fused-ring (bicyclic) bond motifs is 3. The van der Waals surface area contributed by atoms with Gasteiger partial charge < -0.3 is 15.0 Å². The summed E-state index contributed by atoms with van der Waals surface area (Å²) in [5, 5.41) is 3.12. The van der Waals surface area contributed by atoms with Gasteiger partial charge in [0.2, 0.25) is 0 Å². The lowest BCUT2D eigenvalue weighted by Gasteiger charge is -2.15. The number of rotatable bonds is 3. The van der Waals surface area contributed by atoms with Crippen molar-refractivity contribution >= 4 is 0 Å². The van der Waals surface area contributed by atoms with Crippen LogP contribution in [0.1, 0.15) is 17.1 Å². The fourth-order valence-corrected chi connectivity index (χ4v) is 2.50. The molecule has 4 nitrogen and oxygen atoms in total. The molecule has 0 bridgehead atoms. The van der Waals surface area contributed by atoms with Gasteiger partial charge in [0.1, 0.15) is 11.6 Å². The third-order valence-corrected chi connectivity index (χ3v) is 3.39. The van der Waals surface area contributed by atoms with Crippen molar-refractivity contribution < 1.29 is 4.74 Å². The first kappa shape index (κ1) is 11.3. The van der Waals surface area contributed by atoms with Crippen molar-refractivity contribution in [2.45, 2.75) is 19.4 Å². The van der Waals surface area contributed by atoms with Crippen LogP contribution in [-0.4, -0.2) is 24.1 Å². The van der Waals surface area contributed by atoms with E-state index >= 15 is 0 Å². The molecule has 0 aliphatic heterocycles. The molecule has 1 aliphatic carbocycles. The van der Waals surface area contributed by atoms with Crippen LogP contribution >= 0.6 is 0 Å². The van der Waals surface area contributed by atoms with Crippen LogP contribution in [0.3, 0.4) is 0 Å². The zero-order chi connectivity index (χ0) is 12.5. The van der Waals surface area contributed by atoms with Gasteiger partial charge in [0.05, 0.1) is 19.3 Å². The molecule has 0 atom stereocenters. The summed E-state index contributed by atoms with van der Waals surface area (Å²) in [5.74, 6) is 1.89. The van der Waals surface area contributed by atoms with E-state index in [9.17, 15) is 0 Å². The molecule has 0 radical (unpaired) electrons. The molecule has 1 aromatic carbocycles. The molecule has 2 aromatic rings. The monoisotopic (exact) mass is 243 g/mol. The van der Waals surface area contributed by atoms with E-state index in [-0.39, 0.29) is 0 Å². The van der Waals surface area contributed by atoms with E-state index in [2.05, 4.69) is 27.4 Å². The van der Waals surface area contributed by atoms with E-state index in [1.165, 1.54) is 16.8 Å². The maximum absolute atomic E-state index is 5.30. The number of hydrogen-bond donors (Lipinski definition) is 2. The normalized spacial score (nSPS) is 13.0. The lowest BCUT2D eigenvalue weighted by atomic mass is 9.92. The summed E-state index contributed by atoms with van der Waals surface area (Å²) in [7, 11) is 3.63. The highest BCUT2D eigenvalue weighted by Crippen LogP contribution is 2.34. The van der Waals surface area contributed by atoms with Gasteiger partial charge >= 0.3 is 0 Å². The van der Waals surface area contributed by atoms with E-state index < -0.39 is 0 Å². The molecule has 0 saturated carbocycles. The summed E-state index contributed by atoms with van der Waals surface area (Å²) >= 11 is 0. The molecule has 3 rings (SSSR count). The molecule has 0 fully saturated rings. The summed E-state index contributed by atoms with van der Waals surface area (Å²) < 4.78 is 5.30. The Morgan fingerprint density at radius 2 is 2.28 bits per heavy atom. The molecule has 18 heavy (non-hydrogen) atoms. The number of aromatic amines is 1. The van der Waals surface area contributed by atoms with E-state index in [4.69, 9.17) is 4.74 Å². The molecular weight excluding hydrogens is 226 g/mol. The molecule has 1 aliphatic rings. The Kier molecular flexibility index (Phi) is 2.80. The molecule has 0 amide bonds. The van der Waals surface area contributed by atoms with Crippen molar-refractivity contribution in [1.29, 1.82) is 0 Å². The summed E-state index contributed by atoms with van der Waals surface area (Å²) in [6, 6.07) is 6.24. The number of H-pyrrole nitrogens is 1. The summed E-state index contributed by atoms with van der Waals surface area (Å²) in [5.41, 5.74) is 4.88. The molecule has 0 unspecified atom stereocenters. The number of imidazole rings is 1. The lowest BCUT2D eigenvalue weighted by molar-refractivity contribution is 0.415. The Morgan fingerprint density at radius 1 is 1.39 bits per heavy atom. The molecule has 94 valence electrons. The van der Waals surface area contributed by atoms with E-state index in [1.807, 2.05) is 13.1 Å². The molecule has 1 heterocycles. The Morgan fingerprint density at radius 3 is 3.06 bits per heavy atom. The minimum Gasteiger partial charge on any atom is -0.497 e. The number of aromatic nitrogens is 2. The third kappa shape index (κ3) is 1.78. The quantitative estimate of drug-likeness (QED) is 0.865. The second-order valence-corrected chi connectivity index (χ2v) is 4.56. The number of benzene rings is 1. The average molecular weight is 243 g/mol. The molecular formula is C14H17N3O. The number of nitrogens with zero attached hydrogens (tertiary/aromatic N) is 1. The minimum absolute atomic E-state index is 0.770. The predicted octanol–water partition coefficient (Wildman–Crippen LogP) is 1.90. The summed E-state index contributed by atoms with van der Waals surface area (Å²) in [6.45, 7) is 0.770. The first-order chi connectivity index (χ1) is 8.81. The highest BCUT2D eigenvalue weighted by atomic mass is 16.5. The van der Waals surface area contributed by atoms with Gasteiger partial charge in [-0.05, 0) is 37.6 Å². The fraction of sp³-hybridized carbons (Fsp3) is 0.357. The second kappa shape index (κ2) is 4.46. The first-order valence-electron chi connectivity index (χ1n) is 6.21. The number of hydrogen-bond acceptors (Lipinski definition) is 3. The Bertz CT molecular complexity index is 574. The average Bonchev–Trinajstić information content (AvgIpc) is 2.81. The smallest absolute Gasteiger partial charge is 0.121 e. The van der Waals surface area contributed by atoms with E-state index in [1.54, 1.807) is 7.11 Å². The van der Waals surface area contributed by atoms with Crippen LogP contribution in [0.25, 0.3) is 11.3 Å². The van der Waals surface area contributed by atoms with Gasteiger partial charge in [-0.15, -0.1) is 0 Å². The SMILES string of the molecule is CNCc1nc2c([nH]1)CCc1ccc(OC)cc1-2. The van der Waals surface area contributed by atoms with Crippen molar-refractivity contribution in [1.82, 2.24) is 15.3 Å². The Labute approximate surface area is 106 Å².